The number of benzene rings is 2. The Morgan fingerprint density at radius 1 is 1.10 bits per heavy atom. The Morgan fingerprint density at radius 2 is 1.80 bits per heavy atom. The summed E-state index contributed by atoms with van der Waals surface area (Å²) < 4.78 is 6.46. The van der Waals surface area contributed by atoms with Gasteiger partial charge in [-0.3, -0.25) is 0 Å². The molecule has 4 nitrogen and oxygen atoms in total. The van der Waals surface area contributed by atoms with Gasteiger partial charge in [0.05, 0.1) is 0 Å². The van der Waals surface area contributed by atoms with E-state index in [2.05, 4.69) is 68.6 Å². The minimum Gasteiger partial charge on any atom is -0.444 e. The standard InChI is InChI=1S/C25H31BrN2O2/c1-24(2,3)30-23(29)27-13-6-14-28-15-11-25(12-16-28)21-8-5-4-7-19(21)20-10-9-18(26)17-22(20)25/h4-5,7-10,17H,6,11-16H2,1-3H3,(H,27,29). The molecule has 1 aliphatic carbocycles. The third kappa shape index (κ3) is 4.28. The van der Waals surface area contributed by atoms with Gasteiger partial charge < -0.3 is 15.0 Å². The number of nitrogens with zero attached hydrogens (tertiary/aromatic N) is 1. The van der Waals surface area contributed by atoms with Crippen molar-refractivity contribution in [3.8, 4) is 11.1 Å². The molecule has 1 spiro atoms. The summed E-state index contributed by atoms with van der Waals surface area (Å²) in [6.07, 6.45) is 2.87. The number of likely N-dealkylation sites (tertiary alicyclic amines) is 1. The van der Waals surface area contributed by atoms with E-state index in [1.165, 1.54) is 22.3 Å². The summed E-state index contributed by atoms with van der Waals surface area (Å²) in [7, 11) is 0. The fourth-order valence-electron chi connectivity index (χ4n) is 4.93. The van der Waals surface area contributed by atoms with Crippen molar-refractivity contribution in [1.82, 2.24) is 10.2 Å². The maximum Gasteiger partial charge on any atom is 0.407 e. The first kappa shape index (κ1) is 21.4. The number of piperidine rings is 1. The Hall–Kier alpha value is -1.85. The van der Waals surface area contributed by atoms with Crippen molar-refractivity contribution in [2.24, 2.45) is 0 Å². The zero-order valence-corrected chi connectivity index (χ0v) is 19.7. The predicted octanol–water partition coefficient (Wildman–Crippen LogP) is 5.73. The highest BCUT2D eigenvalue weighted by molar-refractivity contribution is 9.10. The first-order chi connectivity index (χ1) is 14.3. The van der Waals surface area contributed by atoms with Crippen LogP contribution in [0.5, 0.6) is 0 Å². The molecule has 2 aliphatic rings. The molecule has 4 rings (SSSR count). The molecule has 30 heavy (non-hydrogen) atoms. The van der Waals surface area contributed by atoms with Gasteiger partial charge in [0, 0.05) is 16.4 Å². The summed E-state index contributed by atoms with van der Waals surface area (Å²) in [5, 5.41) is 2.87. The molecule has 2 aromatic rings. The minimum absolute atomic E-state index is 0.126. The van der Waals surface area contributed by atoms with Gasteiger partial charge in [-0.1, -0.05) is 46.3 Å². The highest BCUT2D eigenvalue weighted by Crippen LogP contribution is 2.54. The summed E-state index contributed by atoms with van der Waals surface area (Å²) in [4.78, 5) is 14.3. The van der Waals surface area contributed by atoms with Crippen LogP contribution in [0.1, 0.15) is 51.2 Å². The van der Waals surface area contributed by atoms with Crippen molar-refractivity contribution in [1.29, 1.82) is 0 Å². The van der Waals surface area contributed by atoms with Crippen molar-refractivity contribution < 1.29 is 9.53 Å². The van der Waals surface area contributed by atoms with E-state index in [1.54, 1.807) is 0 Å². The lowest BCUT2D eigenvalue weighted by Gasteiger charge is -2.41. The molecule has 0 unspecified atom stereocenters. The van der Waals surface area contributed by atoms with E-state index in [1.807, 2.05) is 20.8 Å². The summed E-state index contributed by atoms with van der Waals surface area (Å²) in [5.41, 5.74) is 5.43. The van der Waals surface area contributed by atoms with Crippen LogP contribution in [0.15, 0.2) is 46.9 Å². The molecule has 160 valence electrons. The second kappa shape index (κ2) is 8.35. The molecular weight excluding hydrogens is 440 g/mol. The van der Waals surface area contributed by atoms with Gasteiger partial charge in [0.25, 0.3) is 0 Å². The number of alkyl carbamates (subject to hydrolysis) is 1. The number of halogens is 1. The highest BCUT2D eigenvalue weighted by atomic mass is 79.9. The van der Waals surface area contributed by atoms with E-state index in [9.17, 15) is 4.79 Å². The van der Waals surface area contributed by atoms with E-state index in [4.69, 9.17) is 4.74 Å². The van der Waals surface area contributed by atoms with Crippen LogP contribution < -0.4 is 5.32 Å². The molecule has 0 aromatic heterocycles. The summed E-state index contributed by atoms with van der Waals surface area (Å²) >= 11 is 3.69. The van der Waals surface area contributed by atoms with Crippen LogP contribution in [0, 0.1) is 0 Å². The van der Waals surface area contributed by atoms with Crippen LogP contribution >= 0.6 is 15.9 Å². The van der Waals surface area contributed by atoms with E-state index >= 15 is 0 Å². The molecule has 5 heteroatoms. The lowest BCUT2D eigenvalue weighted by atomic mass is 9.71. The number of carbonyl (C=O) groups is 1. The maximum absolute atomic E-state index is 11.8. The normalized spacial score (nSPS) is 17.5. The molecular formula is C25H31BrN2O2. The average molecular weight is 471 g/mol. The summed E-state index contributed by atoms with van der Waals surface area (Å²) in [6.45, 7) is 9.45. The first-order valence-electron chi connectivity index (χ1n) is 10.9. The quantitative estimate of drug-likeness (QED) is 0.580. The van der Waals surface area contributed by atoms with E-state index in [0.29, 0.717) is 6.54 Å². The molecule has 1 N–H and O–H groups in total. The monoisotopic (exact) mass is 470 g/mol. The zero-order valence-electron chi connectivity index (χ0n) is 18.1. The number of fused-ring (bicyclic) bond motifs is 5. The van der Waals surface area contributed by atoms with Crippen molar-refractivity contribution in [2.45, 2.75) is 51.0 Å². The van der Waals surface area contributed by atoms with Gasteiger partial charge in [-0.05, 0) is 94.1 Å². The lowest BCUT2D eigenvalue weighted by Crippen LogP contribution is -2.43. The molecule has 1 heterocycles. The predicted molar refractivity (Wildman–Crippen MR) is 125 cm³/mol. The summed E-state index contributed by atoms with van der Waals surface area (Å²) in [5.74, 6) is 0. The van der Waals surface area contributed by atoms with Gasteiger partial charge in [0.15, 0.2) is 0 Å². The van der Waals surface area contributed by atoms with E-state index < -0.39 is 5.60 Å². The van der Waals surface area contributed by atoms with Crippen LogP contribution in [0.4, 0.5) is 4.79 Å². The van der Waals surface area contributed by atoms with Crippen molar-refractivity contribution >= 4 is 22.0 Å². The number of ether oxygens (including phenoxy) is 1. The number of rotatable bonds is 4. The van der Waals surface area contributed by atoms with Gasteiger partial charge in [0.1, 0.15) is 5.60 Å². The van der Waals surface area contributed by atoms with Gasteiger partial charge in [0.2, 0.25) is 0 Å². The molecule has 0 radical (unpaired) electrons. The average Bonchev–Trinajstić information content (AvgIpc) is 2.95. The first-order valence-corrected chi connectivity index (χ1v) is 11.7. The van der Waals surface area contributed by atoms with Crippen LogP contribution in [0.3, 0.4) is 0 Å². The second-order valence-electron chi connectivity index (χ2n) is 9.44. The molecule has 0 atom stereocenters. The fraction of sp³-hybridized carbons (Fsp3) is 0.480. The van der Waals surface area contributed by atoms with Gasteiger partial charge in [-0.2, -0.15) is 0 Å². The minimum atomic E-state index is -0.450. The Kier molecular flexibility index (Phi) is 5.95. The SMILES string of the molecule is CC(C)(C)OC(=O)NCCCN1CCC2(CC1)c1ccccc1-c1ccc(Br)cc12. The largest absolute Gasteiger partial charge is 0.444 e. The maximum atomic E-state index is 11.8. The molecule has 1 amide bonds. The molecule has 2 aromatic carbocycles. The zero-order chi connectivity index (χ0) is 21.4. The van der Waals surface area contributed by atoms with Crippen LogP contribution in [-0.2, 0) is 10.2 Å². The van der Waals surface area contributed by atoms with Crippen LogP contribution in [0.25, 0.3) is 11.1 Å². The van der Waals surface area contributed by atoms with Gasteiger partial charge >= 0.3 is 6.09 Å². The Labute approximate surface area is 188 Å². The van der Waals surface area contributed by atoms with Crippen LogP contribution in [0.2, 0.25) is 0 Å². The molecule has 1 saturated heterocycles. The lowest BCUT2D eigenvalue weighted by molar-refractivity contribution is 0.0525. The number of nitrogens with one attached hydrogen (secondary N) is 1. The van der Waals surface area contributed by atoms with E-state index in [0.717, 1.165) is 43.4 Å². The Balaban J connectivity index is 1.37. The topological polar surface area (TPSA) is 41.6 Å². The molecule has 1 aliphatic heterocycles. The smallest absolute Gasteiger partial charge is 0.407 e. The van der Waals surface area contributed by atoms with Crippen molar-refractivity contribution in [3.63, 3.8) is 0 Å². The fourth-order valence-corrected chi connectivity index (χ4v) is 5.29. The number of carbonyl (C=O) groups excluding carboxylic acids is 1. The Morgan fingerprint density at radius 3 is 2.53 bits per heavy atom. The van der Waals surface area contributed by atoms with Crippen molar-refractivity contribution in [3.05, 3.63) is 58.1 Å². The third-order valence-electron chi connectivity index (χ3n) is 6.26. The van der Waals surface area contributed by atoms with Gasteiger partial charge in [-0.25, -0.2) is 4.79 Å². The highest BCUT2D eigenvalue weighted by Gasteiger charge is 2.44. The number of hydrogen-bond acceptors (Lipinski definition) is 3. The van der Waals surface area contributed by atoms with Crippen molar-refractivity contribution in [2.75, 3.05) is 26.2 Å². The second-order valence-corrected chi connectivity index (χ2v) is 10.4. The summed E-state index contributed by atoms with van der Waals surface area (Å²) in [6, 6.07) is 15.7. The van der Waals surface area contributed by atoms with E-state index in [-0.39, 0.29) is 11.5 Å². The number of hydrogen-bond donors (Lipinski definition) is 1. The van der Waals surface area contributed by atoms with Crippen LogP contribution in [-0.4, -0.2) is 42.8 Å². The molecule has 0 bridgehead atoms. The Bertz CT molecular complexity index is 927. The molecule has 1 fully saturated rings. The molecule has 0 saturated carbocycles. The third-order valence-corrected chi connectivity index (χ3v) is 6.75. The number of amides is 1. The van der Waals surface area contributed by atoms with Gasteiger partial charge in [-0.15, -0.1) is 0 Å².